The number of hydrogen-bond acceptors (Lipinski definition) is 1. The lowest BCUT2D eigenvalue weighted by atomic mass is 10.1. The van der Waals surface area contributed by atoms with Crippen LogP contribution in [0.1, 0.15) is 5.56 Å². The van der Waals surface area contributed by atoms with Gasteiger partial charge in [0.2, 0.25) is 0 Å². The minimum atomic E-state index is -0.492. The summed E-state index contributed by atoms with van der Waals surface area (Å²) in [6.45, 7) is 0.553. The average Bonchev–Trinajstić information content (AvgIpc) is 2.08. The van der Waals surface area contributed by atoms with E-state index < -0.39 is 6.03 Å². The minimum absolute atomic E-state index is 0.492. The van der Waals surface area contributed by atoms with E-state index >= 15 is 0 Å². The Morgan fingerprint density at radius 1 is 1.38 bits per heavy atom. The molecule has 0 radical (unpaired) electrons. The van der Waals surface area contributed by atoms with Crippen molar-refractivity contribution >= 4 is 17.6 Å². The highest BCUT2D eigenvalue weighted by atomic mass is 35.5. The van der Waals surface area contributed by atoms with Gasteiger partial charge in [-0.25, -0.2) is 4.79 Å². The molecule has 1 aromatic carbocycles. The van der Waals surface area contributed by atoms with Gasteiger partial charge in [0.25, 0.3) is 0 Å². The van der Waals surface area contributed by atoms with Gasteiger partial charge in [-0.2, -0.15) is 0 Å². The van der Waals surface area contributed by atoms with Crippen molar-refractivity contribution in [2.24, 2.45) is 5.73 Å². The van der Waals surface area contributed by atoms with E-state index in [1.54, 1.807) is 0 Å². The van der Waals surface area contributed by atoms with Crippen LogP contribution in [-0.4, -0.2) is 12.6 Å². The van der Waals surface area contributed by atoms with E-state index in [1.165, 1.54) is 0 Å². The van der Waals surface area contributed by atoms with Gasteiger partial charge in [-0.3, -0.25) is 0 Å². The summed E-state index contributed by atoms with van der Waals surface area (Å²) < 4.78 is 0. The summed E-state index contributed by atoms with van der Waals surface area (Å²) in [5.41, 5.74) is 6.03. The topological polar surface area (TPSA) is 55.1 Å². The summed E-state index contributed by atoms with van der Waals surface area (Å²) in [5, 5.41) is 3.23. The first-order valence-electron chi connectivity index (χ1n) is 3.96. The molecule has 0 heterocycles. The van der Waals surface area contributed by atoms with Crippen LogP contribution in [0.3, 0.4) is 0 Å². The third-order valence-corrected chi connectivity index (χ3v) is 1.88. The monoisotopic (exact) mass is 198 g/mol. The number of urea groups is 1. The molecule has 13 heavy (non-hydrogen) atoms. The minimum Gasteiger partial charge on any atom is -0.352 e. The summed E-state index contributed by atoms with van der Waals surface area (Å²) in [6, 6.07) is 6.99. The summed E-state index contributed by atoms with van der Waals surface area (Å²) in [6.07, 6.45) is 0.764. The molecule has 0 aliphatic carbocycles. The van der Waals surface area contributed by atoms with Crippen LogP contribution in [-0.2, 0) is 6.42 Å². The number of rotatable bonds is 3. The number of halogens is 1. The molecule has 4 heteroatoms. The van der Waals surface area contributed by atoms with Crippen LogP contribution in [0, 0.1) is 0 Å². The molecule has 2 amide bonds. The zero-order valence-corrected chi connectivity index (χ0v) is 7.84. The number of hydrogen-bond donors (Lipinski definition) is 2. The molecule has 0 saturated carbocycles. The summed E-state index contributed by atoms with van der Waals surface area (Å²) in [7, 11) is 0. The Labute approximate surface area is 81.9 Å². The van der Waals surface area contributed by atoms with Crippen molar-refractivity contribution in [1.82, 2.24) is 5.32 Å². The molecule has 3 nitrogen and oxygen atoms in total. The van der Waals surface area contributed by atoms with E-state index in [1.807, 2.05) is 24.3 Å². The third-order valence-electron chi connectivity index (χ3n) is 1.63. The van der Waals surface area contributed by atoms with E-state index in [2.05, 4.69) is 5.32 Å². The second-order valence-electron chi connectivity index (χ2n) is 2.67. The number of amides is 2. The maximum atomic E-state index is 10.3. The molecular formula is C9H11ClN2O. The highest BCUT2D eigenvalue weighted by molar-refractivity contribution is 6.30. The second-order valence-corrected chi connectivity index (χ2v) is 3.10. The lowest BCUT2D eigenvalue weighted by molar-refractivity contribution is 0.249. The van der Waals surface area contributed by atoms with Crippen molar-refractivity contribution in [3.8, 4) is 0 Å². The molecule has 0 atom stereocenters. The molecule has 0 aliphatic heterocycles. The highest BCUT2D eigenvalue weighted by Gasteiger charge is 1.94. The molecule has 1 aromatic rings. The highest BCUT2D eigenvalue weighted by Crippen LogP contribution is 2.09. The maximum absolute atomic E-state index is 10.3. The first-order chi connectivity index (χ1) is 6.18. The van der Waals surface area contributed by atoms with Crippen LogP contribution < -0.4 is 11.1 Å². The van der Waals surface area contributed by atoms with E-state index in [0.29, 0.717) is 11.6 Å². The fourth-order valence-corrected chi connectivity index (χ4v) is 1.11. The molecule has 0 aromatic heterocycles. The van der Waals surface area contributed by atoms with Crippen molar-refractivity contribution in [1.29, 1.82) is 0 Å². The molecule has 0 saturated heterocycles. The zero-order chi connectivity index (χ0) is 9.68. The Morgan fingerprint density at radius 3 is 2.54 bits per heavy atom. The molecule has 0 bridgehead atoms. The normalized spacial score (nSPS) is 9.62. The number of benzene rings is 1. The Kier molecular flexibility index (Phi) is 3.58. The Balaban J connectivity index is 2.37. The smallest absolute Gasteiger partial charge is 0.312 e. The largest absolute Gasteiger partial charge is 0.352 e. The first-order valence-corrected chi connectivity index (χ1v) is 4.34. The third kappa shape index (κ3) is 3.80. The van der Waals surface area contributed by atoms with Gasteiger partial charge in [-0.15, -0.1) is 0 Å². The van der Waals surface area contributed by atoms with E-state index in [0.717, 1.165) is 12.0 Å². The van der Waals surface area contributed by atoms with Crippen LogP contribution in [0.2, 0.25) is 5.02 Å². The van der Waals surface area contributed by atoms with Gasteiger partial charge in [-0.05, 0) is 24.1 Å². The van der Waals surface area contributed by atoms with Crippen LogP contribution in [0.15, 0.2) is 24.3 Å². The van der Waals surface area contributed by atoms with Gasteiger partial charge in [0.05, 0.1) is 0 Å². The van der Waals surface area contributed by atoms with Gasteiger partial charge in [0, 0.05) is 11.6 Å². The van der Waals surface area contributed by atoms with Crippen molar-refractivity contribution in [2.45, 2.75) is 6.42 Å². The average molecular weight is 199 g/mol. The van der Waals surface area contributed by atoms with E-state index in [-0.39, 0.29) is 0 Å². The lowest BCUT2D eigenvalue weighted by Crippen LogP contribution is -2.30. The van der Waals surface area contributed by atoms with Crippen molar-refractivity contribution in [2.75, 3.05) is 6.54 Å². The second kappa shape index (κ2) is 4.72. The molecule has 70 valence electrons. The summed E-state index contributed by atoms with van der Waals surface area (Å²) in [5.74, 6) is 0. The number of primary amides is 1. The van der Waals surface area contributed by atoms with Gasteiger partial charge in [-0.1, -0.05) is 23.7 Å². The summed E-state index contributed by atoms with van der Waals surface area (Å²) >= 11 is 5.71. The maximum Gasteiger partial charge on any atom is 0.312 e. The fourth-order valence-electron chi connectivity index (χ4n) is 0.981. The standard InChI is InChI=1S/C9H11ClN2O/c10-8-3-1-7(2-4-8)5-6-12-9(11)13/h1-4H,5-6H2,(H3,11,12,13). The Hall–Kier alpha value is -1.22. The molecule has 0 aliphatic rings. The molecule has 3 N–H and O–H groups in total. The van der Waals surface area contributed by atoms with Crippen LogP contribution in [0.25, 0.3) is 0 Å². The predicted octanol–water partition coefficient (Wildman–Crippen LogP) is 1.55. The van der Waals surface area contributed by atoms with Crippen LogP contribution in [0.4, 0.5) is 4.79 Å². The molecular weight excluding hydrogens is 188 g/mol. The van der Waals surface area contributed by atoms with Crippen molar-refractivity contribution in [3.63, 3.8) is 0 Å². The van der Waals surface area contributed by atoms with E-state index in [9.17, 15) is 4.79 Å². The number of nitrogens with one attached hydrogen (secondary N) is 1. The quantitative estimate of drug-likeness (QED) is 0.761. The van der Waals surface area contributed by atoms with Gasteiger partial charge >= 0.3 is 6.03 Å². The predicted molar refractivity (Wildman–Crippen MR) is 52.7 cm³/mol. The van der Waals surface area contributed by atoms with Gasteiger partial charge in [0.1, 0.15) is 0 Å². The van der Waals surface area contributed by atoms with Crippen LogP contribution >= 0.6 is 11.6 Å². The van der Waals surface area contributed by atoms with Crippen molar-refractivity contribution < 1.29 is 4.79 Å². The Bertz CT molecular complexity index is 284. The zero-order valence-electron chi connectivity index (χ0n) is 7.09. The van der Waals surface area contributed by atoms with Gasteiger partial charge < -0.3 is 11.1 Å². The lowest BCUT2D eigenvalue weighted by Gasteiger charge is -2.01. The number of carbonyl (C=O) groups is 1. The first kappa shape index (κ1) is 9.86. The van der Waals surface area contributed by atoms with Crippen LogP contribution in [0.5, 0.6) is 0 Å². The van der Waals surface area contributed by atoms with E-state index in [4.69, 9.17) is 17.3 Å². The number of carbonyl (C=O) groups excluding carboxylic acids is 1. The summed E-state index contributed by atoms with van der Waals surface area (Å²) in [4.78, 5) is 10.3. The SMILES string of the molecule is NC(=O)NCCc1ccc(Cl)cc1. The molecule has 0 unspecified atom stereocenters. The molecule has 0 fully saturated rings. The van der Waals surface area contributed by atoms with Gasteiger partial charge in [0.15, 0.2) is 0 Å². The Morgan fingerprint density at radius 2 is 2.00 bits per heavy atom. The molecule has 0 spiro atoms. The number of nitrogens with two attached hydrogens (primary N) is 1. The molecule has 1 rings (SSSR count). The van der Waals surface area contributed by atoms with Crippen molar-refractivity contribution in [3.05, 3.63) is 34.9 Å². The fraction of sp³-hybridized carbons (Fsp3) is 0.222.